The number of ether oxygens (including phenoxy) is 1. The van der Waals surface area contributed by atoms with E-state index in [9.17, 15) is 0 Å². The van der Waals surface area contributed by atoms with Crippen molar-refractivity contribution in [2.75, 3.05) is 13.7 Å². The molecule has 0 fully saturated rings. The molecule has 2 aromatic rings. The lowest BCUT2D eigenvalue weighted by molar-refractivity contribution is 0.407. The lowest BCUT2D eigenvalue weighted by atomic mass is 10.2. The fourth-order valence-corrected chi connectivity index (χ4v) is 2.28. The van der Waals surface area contributed by atoms with Crippen LogP contribution in [-0.2, 0) is 13.0 Å². The van der Waals surface area contributed by atoms with Gasteiger partial charge in [-0.2, -0.15) is 0 Å². The highest BCUT2D eigenvalue weighted by Gasteiger charge is 2.03. The second-order valence-corrected chi connectivity index (χ2v) is 5.12. The van der Waals surface area contributed by atoms with Gasteiger partial charge >= 0.3 is 0 Å². The van der Waals surface area contributed by atoms with Gasteiger partial charge in [0.25, 0.3) is 0 Å². The molecule has 2 rings (SSSR count). The summed E-state index contributed by atoms with van der Waals surface area (Å²) in [5.41, 5.74) is 2.26. The quantitative estimate of drug-likeness (QED) is 0.830. The molecule has 0 amide bonds. The first-order valence-electron chi connectivity index (χ1n) is 6.22. The highest BCUT2D eigenvalue weighted by Crippen LogP contribution is 2.22. The average Bonchev–Trinajstić information content (AvgIpc) is 2.45. The number of pyridine rings is 1. The van der Waals surface area contributed by atoms with Crippen LogP contribution < -0.4 is 10.1 Å². The van der Waals surface area contributed by atoms with Crippen LogP contribution >= 0.6 is 15.9 Å². The largest absolute Gasteiger partial charge is 0.496 e. The van der Waals surface area contributed by atoms with Gasteiger partial charge in [-0.25, -0.2) is 0 Å². The zero-order chi connectivity index (χ0) is 13.5. The van der Waals surface area contributed by atoms with Gasteiger partial charge in [0.05, 0.1) is 7.11 Å². The van der Waals surface area contributed by atoms with Gasteiger partial charge in [-0.1, -0.05) is 22.0 Å². The first-order valence-corrected chi connectivity index (χ1v) is 7.02. The van der Waals surface area contributed by atoms with E-state index in [1.165, 1.54) is 0 Å². The number of methoxy groups -OCH3 is 1. The third kappa shape index (κ3) is 4.33. The monoisotopic (exact) mass is 320 g/mol. The van der Waals surface area contributed by atoms with Crippen molar-refractivity contribution in [1.29, 1.82) is 0 Å². The van der Waals surface area contributed by atoms with Gasteiger partial charge in [0.15, 0.2) is 0 Å². The number of nitrogens with one attached hydrogen (secondary N) is 1. The predicted octanol–water partition coefficient (Wildman–Crippen LogP) is 3.19. The molecule has 0 saturated carbocycles. The molecule has 0 saturated heterocycles. The number of hydrogen-bond acceptors (Lipinski definition) is 3. The molecule has 1 heterocycles. The number of hydrogen-bond donors (Lipinski definition) is 1. The van der Waals surface area contributed by atoms with E-state index in [1.54, 1.807) is 7.11 Å². The van der Waals surface area contributed by atoms with Gasteiger partial charge in [-0.3, -0.25) is 4.98 Å². The van der Waals surface area contributed by atoms with Crippen LogP contribution in [0.15, 0.2) is 47.1 Å². The fraction of sp³-hybridized carbons (Fsp3) is 0.267. The van der Waals surface area contributed by atoms with E-state index in [1.807, 2.05) is 36.5 Å². The Kier molecular flexibility index (Phi) is 5.36. The Morgan fingerprint density at radius 3 is 2.89 bits per heavy atom. The van der Waals surface area contributed by atoms with Crippen molar-refractivity contribution < 1.29 is 4.74 Å². The van der Waals surface area contributed by atoms with Crippen molar-refractivity contribution in [2.45, 2.75) is 13.0 Å². The number of halogens is 1. The molecular weight excluding hydrogens is 304 g/mol. The summed E-state index contributed by atoms with van der Waals surface area (Å²) in [6.45, 7) is 1.68. The Morgan fingerprint density at radius 1 is 1.26 bits per heavy atom. The topological polar surface area (TPSA) is 34.1 Å². The zero-order valence-electron chi connectivity index (χ0n) is 10.9. The summed E-state index contributed by atoms with van der Waals surface area (Å²) < 4.78 is 6.41. The Morgan fingerprint density at radius 2 is 2.16 bits per heavy atom. The van der Waals surface area contributed by atoms with Crippen LogP contribution in [0, 0.1) is 0 Å². The molecule has 1 N–H and O–H groups in total. The van der Waals surface area contributed by atoms with E-state index < -0.39 is 0 Å². The van der Waals surface area contributed by atoms with Crippen LogP contribution in [0.1, 0.15) is 11.3 Å². The van der Waals surface area contributed by atoms with Crippen molar-refractivity contribution in [3.8, 4) is 5.75 Å². The molecule has 0 aliphatic carbocycles. The summed E-state index contributed by atoms with van der Waals surface area (Å²) in [5, 5.41) is 3.41. The molecule has 4 heteroatoms. The van der Waals surface area contributed by atoms with E-state index in [2.05, 4.69) is 32.3 Å². The SMILES string of the molecule is COc1ccc(Br)cc1CNCCc1ccccn1. The van der Waals surface area contributed by atoms with Crippen LogP contribution in [0.2, 0.25) is 0 Å². The average molecular weight is 321 g/mol. The van der Waals surface area contributed by atoms with Crippen LogP contribution in [0.4, 0.5) is 0 Å². The summed E-state index contributed by atoms with van der Waals surface area (Å²) in [6, 6.07) is 12.0. The van der Waals surface area contributed by atoms with E-state index in [4.69, 9.17) is 4.74 Å². The molecule has 0 unspecified atom stereocenters. The summed E-state index contributed by atoms with van der Waals surface area (Å²) in [5.74, 6) is 0.911. The van der Waals surface area contributed by atoms with E-state index in [-0.39, 0.29) is 0 Å². The van der Waals surface area contributed by atoms with Crippen LogP contribution in [0.5, 0.6) is 5.75 Å². The third-order valence-corrected chi connectivity index (χ3v) is 3.34. The van der Waals surface area contributed by atoms with Gasteiger partial charge in [-0.05, 0) is 30.3 Å². The molecule has 0 aliphatic heterocycles. The minimum Gasteiger partial charge on any atom is -0.496 e. The van der Waals surface area contributed by atoms with E-state index in [0.29, 0.717) is 0 Å². The maximum Gasteiger partial charge on any atom is 0.123 e. The Balaban J connectivity index is 1.84. The van der Waals surface area contributed by atoms with Gasteiger partial charge < -0.3 is 10.1 Å². The lowest BCUT2D eigenvalue weighted by Crippen LogP contribution is -2.17. The maximum atomic E-state index is 5.34. The van der Waals surface area contributed by atoms with Gasteiger partial charge in [0.1, 0.15) is 5.75 Å². The minimum absolute atomic E-state index is 0.787. The van der Waals surface area contributed by atoms with Gasteiger partial charge in [-0.15, -0.1) is 0 Å². The molecule has 1 aromatic heterocycles. The molecule has 100 valence electrons. The lowest BCUT2D eigenvalue weighted by Gasteiger charge is -2.10. The third-order valence-electron chi connectivity index (χ3n) is 2.84. The van der Waals surface area contributed by atoms with Crippen molar-refractivity contribution >= 4 is 15.9 Å². The second kappa shape index (κ2) is 7.26. The standard InChI is InChI=1S/C15H17BrN2O/c1-19-15-6-5-13(16)10-12(15)11-17-9-7-14-4-2-3-8-18-14/h2-6,8,10,17H,7,9,11H2,1H3. The molecule has 0 atom stereocenters. The Labute approximate surface area is 122 Å². The normalized spacial score (nSPS) is 10.4. The molecular formula is C15H17BrN2O. The van der Waals surface area contributed by atoms with Crippen molar-refractivity contribution in [3.05, 3.63) is 58.3 Å². The molecule has 19 heavy (non-hydrogen) atoms. The number of aromatic nitrogens is 1. The van der Waals surface area contributed by atoms with Gasteiger partial charge in [0.2, 0.25) is 0 Å². The van der Waals surface area contributed by atoms with Gasteiger partial charge in [0, 0.05) is 41.4 Å². The highest BCUT2D eigenvalue weighted by molar-refractivity contribution is 9.10. The smallest absolute Gasteiger partial charge is 0.123 e. The molecule has 0 aliphatic rings. The Hall–Kier alpha value is -1.39. The van der Waals surface area contributed by atoms with Crippen molar-refractivity contribution in [3.63, 3.8) is 0 Å². The number of nitrogens with zero attached hydrogens (tertiary/aromatic N) is 1. The maximum absolute atomic E-state index is 5.34. The van der Waals surface area contributed by atoms with Crippen LogP contribution in [0.25, 0.3) is 0 Å². The second-order valence-electron chi connectivity index (χ2n) is 4.20. The van der Waals surface area contributed by atoms with E-state index in [0.717, 1.165) is 41.0 Å². The molecule has 0 spiro atoms. The summed E-state index contributed by atoms with van der Waals surface area (Å²) in [6.07, 6.45) is 2.75. The first-order chi connectivity index (χ1) is 9.29. The van der Waals surface area contributed by atoms with E-state index >= 15 is 0 Å². The molecule has 1 aromatic carbocycles. The molecule has 3 nitrogen and oxygen atoms in total. The molecule has 0 radical (unpaired) electrons. The van der Waals surface area contributed by atoms with Crippen LogP contribution in [0.3, 0.4) is 0 Å². The van der Waals surface area contributed by atoms with Crippen molar-refractivity contribution in [1.82, 2.24) is 10.3 Å². The van der Waals surface area contributed by atoms with Crippen LogP contribution in [-0.4, -0.2) is 18.6 Å². The fourth-order valence-electron chi connectivity index (χ4n) is 1.87. The predicted molar refractivity (Wildman–Crippen MR) is 80.3 cm³/mol. The summed E-state index contributed by atoms with van der Waals surface area (Å²) in [4.78, 5) is 4.30. The zero-order valence-corrected chi connectivity index (χ0v) is 12.5. The highest BCUT2D eigenvalue weighted by atomic mass is 79.9. The first kappa shape index (κ1) is 14.0. The minimum atomic E-state index is 0.787. The molecule has 0 bridgehead atoms. The number of benzene rings is 1. The number of rotatable bonds is 6. The summed E-state index contributed by atoms with van der Waals surface area (Å²) in [7, 11) is 1.70. The summed E-state index contributed by atoms with van der Waals surface area (Å²) >= 11 is 3.48. The van der Waals surface area contributed by atoms with Crippen molar-refractivity contribution in [2.24, 2.45) is 0 Å². The Bertz CT molecular complexity index is 517.